The zero-order valence-corrected chi connectivity index (χ0v) is 10.6. The van der Waals surface area contributed by atoms with Crippen LogP contribution in [-0.4, -0.2) is 28.6 Å². The molecule has 88 valence electrons. The van der Waals surface area contributed by atoms with Crippen LogP contribution in [0.3, 0.4) is 0 Å². The van der Waals surface area contributed by atoms with Crippen molar-refractivity contribution in [3.05, 3.63) is 21.3 Å². The highest BCUT2D eigenvalue weighted by Crippen LogP contribution is 2.28. The van der Waals surface area contributed by atoms with Gasteiger partial charge in [0, 0.05) is 16.8 Å². The van der Waals surface area contributed by atoms with Crippen LogP contribution < -0.4 is 0 Å². The largest absolute Gasteiger partial charge is 0.480 e. The molecule has 2 atom stereocenters. The lowest BCUT2D eigenvalue weighted by Gasteiger charge is -2.22. The fourth-order valence-corrected chi connectivity index (χ4v) is 3.34. The van der Waals surface area contributed by atoms with E-state index in [1.54, 1.807) is 11.3 Å². The van der Waals surface area contributed by atoms with Crippen LogP contribution >= 0.6 is 22.9 Å². The van der Waals surface area contributed by atoms with Gasteiger partial charge in [0.15, 0.2) is 0 Å². The molecule has 2 rings (SSSR count). The van der Waals surface area contributed by atoms with Crippen LogP contribution in [0.25, 0.3) is 0 Å². The number of nitrogens with zero attached hydrogens (tertiary/aromatic N) is 1. The predicted octanol–water partition coefficient (Wildman–Crippen LogP) is 2.70. The number of aliphatic carboxylic acids is 1. The van der Waals surface area contributed by atoms with E-state index in [1.165, 1.54) is 0 Å². The number of carbonyl (C=O) groups is 1. The Morgan fingerprint density at radius 1 is 1.75 bits per heavy atom. The third-order valence-electron chi connectivity index (χ3n) is 3.04. The summed E-state index contributed by atoms with van der Waals surface area (Å²) in [6.07, 6.45) is 0.954. The topological polar surface area (TPSA) is 40.5 Å². The zero-order valence-electron chi connectivity index (χ0n) is 9.02. The molecule has 1 aliphatic rings. The number of halogens is 1. The number of hydrogen-bond donors (Lipinski definition) is 1. The maximum Gasteiger partial charge on any atom is 0.321 e. The van der Waals surface area contributed by atoms with Gasteiger partial charge in [0.1, 0.15) is 6.04 Å². The van der Waals surface area contributed by atoms with Gasteiger partial charge in [-0.1, -0.05) is 18.5 Å². The fourth-order valence-electron chi connectivity index (χ4n) is 2.24. The molecule has 1 fully saturated rings. The minimum atomic E-state index is -0.715. The van der Waals surface area contributed by atoms with Crippen molar-refractivity contribution in [1.82, 2.24) is 4.90 Å². The van der Waals surface area contributed by atoms with Gasteiger partial charge in [-0.2, -0.15) is 0 Å². The molecular formula is C11H14ClNO2S. The van der Waals surface area contributed by atoms with E-state index in [0.717, 1.165) is 22.9 Å². The molecule has 0 amide bonds. The molecule has 1 N–H and O–H groups in total. The average Bonchev–Trinajstić information content (AvgIpc) is 2.74. The first-order valence-corrected chi connectivity index (χ1v) is 6.53. The highest BCUT2D eigenvalue weighted by atomic mass is 35.5. The van der Waals surface area contributed by atoms with Crippen LogP contribution in [0, 0.1) is 5.92 Å². The number of carboxylic acids is 1. The maximum atomic E-state index is 11.2. The van der Waals surface area contributed by atoms with Gasteiger partial charge in [-0.05, 0) is 24.9 Å². The summed E-state index contributed by atoms with van der Waals surface area (Å²) < 4.78 is 0. The summed E-state index contributed by atoms with van der Waals surface area (Å²) in [4.78, 5) is 14.3. The predicted molar refractivity (Wildman–Crippen MR) is 64.9 cm³/mol. The zero-order chi connectivity index (χ0) is 11.7. The first kappa shape index (κ1) is 11.9. The minimum absolute atomic E-state index is 0.230. The van der Waals surface area contributed by atoms with E-state index in [0.29, 0.717) is 6.54 Å². The summed E-state index contributed by atoms with van der Waals surface area (Å²) in [5.41, 5.74) is 0. The van der Waals surface area contributed by atoms with Crippen molar-refractivity contribution in [2.45, 2.75) is 25.9 Å². The molecule has 0 spiro atoms. The van der Waals surface area contributed by atoms with E-state index in [9.17, 15) is 9.90 Å². The van der Waals surface area contributed by atoms with E-state index >= 15 is 0 Å². The molecule has 0 aliphatic carbocycles. The van der Waals surface area contributed by atoms with Gasteiger partial charge in [0.25, 0.3) is 0 Å². The maximum absolute atomic E-state index is 11.2. The molecule has 2 heterocycles. The number of hydrogen-bond acceptors (Lipinski definition) is 3. The molecule has 1 aromatic heterocycles. The molecule has 16 heavy (non-hydrogen) atoms. The van der Waals surface area contributed by atoms with Crippen molar-refractivity contribution in [3.8, 4) is 0 Å². The highest BCUT2D eigenvalue weighted by Gasteiger charge is 2.36. The summed E-state index contributed by atoms with van der Waals surface area (Å²) in [7, 11) is 0. The molecule has 0 radical (unpaired) electrons. The van der Waals surface area contributed by atoms with Gasteiger partial charge in [0.2, 0.25) is 0 Å². The number of likely N-dealkylation sites (tertiary alicyclic amines) is 1. The molecule has 1 aromatic rings. The third-order valence-corrected chi connectivity index (χ3v) is 4.31. The molecule has 0 bridgehead atoms. The van der Waals surface area contributed by atoms with Crippen LogP contribution in [-0.2, 0) is 11.3 Å². The Morgan fingerprint density at radius 2 is 2.50 bits per heavy atom. The van der Waals surface area contributed by atoms with Crippen molar-refractivity contribution < 1.29 is 9.90 Å². The van der Waals surface area contributed by atoms with Crippen molar-refractivity contribution in [1.29, 1.82) is 0 Å². The monoisotopic (exact) mass is 259 g/mol. The van der Waals surface area contributed by atoms with Gasteiger partial charge >= 0.3 is 5.97 Å². The first-order chi connectivity index (χ1) is 7.58. The fraction of sp³-hybridized carbons (Fsp3) is 0.545. The minimum Gasteiger partial charge on any atom is -0.480 e. The quantitative estimate of drug-likeness (QED) is 0.907. The van der Waals surface area contributed by atoms with Crippen molar-refractivity contribution in [3.63, 3.8) is 0 Å². The van der Waals surface area contributed by atoms with E-state index in [1.807, 2.05) is 23.3 Å². The smallest absolute Gasteiger partial charge is 0.321 e. The second-order valence-electron chi connectivity index (χ2n) is 4.25. The summed E-state index contributed by atoms with van der Waals surface area (Å²) in [5.74, 6) is -0.486. The second kappa shape index (κ2) is 4.73. The van der Waals surface area contributed by atoms with E-state index in [2.05, 4.69) is 0 Å². The van der Waals surface area contributed by atoms with Gasteiger partial charge in [-0.3, -0.25) is 9.69 Å². The molecular weight excluding hydrogens is 246 g/mol. The summed E-state index contributed by atoms with van der Waals surface area (Å²) >= 11 is 7.43. The SMILES string of the molecule is CC1CCN(Cc2cc(Cl)cs2)C1C(=O)O. The van der Waals surface area contributed by atoms with Crippen molar-refractivity contribution in [2.24, 2.45) is 5.92 Å². The highest BCUT2D eigenvalue weighted by molar-refractivity contribution is 7.10. The standard InChI is InChI=1S/C11H14ClNO2S/c1-7-2-3-13(10(7)11(14)15)5-9-4-8(12)6-16-9/h4,6-7,10H,2-3,5H2,1H3,(H,14,15). The van der Waals surface area contributed by atoms with Gasteiger partial charge in [-0.25, -0.2) is 0 Å². The molecule has 2 unspecified atom stereocenters. The average molecular weight is 260 g/mol. The van der Waals surface area contributed by atoms with Crippen LogP contribution in [0.5, 0.6) is 0 Å². The summed E-state index contributed by atoms with van der Waals surface area (Å²) in [5, 5.41) is 11.8. The lowest BCUT2D eigenvalue weighted by molar-refractivity contribution is -0.143. The van der Waals surface area contributed by atoms with Gasteiger partial charge in [-0.15, -0.1) is 11.3 Å². The van der Waals surface area contributed by atoms with E-state index in [-0.39, 0.29) is 12.0 Å². The molecule has 3 nitrogen and oxygen atoms in total. The summed E-state index contributed by atoms with van der Waals surface area (Å²) in [6, 6.07) is 1.56. The molecule has 0 aromatic carbocycles. The third kappa shape index (κ3) is 2.39. The molecule has 1 aliphatic heterocycles. The van der Waals surface area contributed by atoms with E-state index in [4.69, 9.17) is 11.6 Å². The lowest BCUT2D eigenvalue weighted by Crippen LogP contribution is -2.38. The van der Waals surface area contributed by atoms with Crippen LogP contribution in [0.15, 0.2) is 11.4 Å². The lowest BCUT2D eigenvalue weighted by atomic mass is 10.0. The van der Waals surface area contributed by atoms with Gasteiger partial charge in [0.05, 0.1) is 5.02 Å². The van der Waals surface area contributed by atoms with Crippen LogP contribution in [0.1, 0.15) is 18.2 Å². The Labute approximate surface area is 104 Å². The number of thiophene rings is 1. The Balaban J connectivity index is 2.07. The van der Waals surface area contributed by atoms with Crippen LogP contribution in [0.2, 0.25) is 5.02 Å². The normalized spacial score (nSPS) is 26.1. The number of rotatable bonds is 3. The van der Waals surface area contributed by atoms with Gasteiger partial charge < -0.3 is 5.11 Å². The Kier molecular flexibility index (Phi) is 3.52. The molecule has 1 saturated heterocycles. The van der Waals surface area contributed by atoms with Crippen molar-refractivity contribution in [2.75, 3.05) is 6.54 Å². The van der Waals surface area contributed by atoms with Crippen molar-refractivity contribution >= 4 is 28.9 Å². The van der Waals surface area contributed by atoms with Crippen LogP contribution in [0.4, 0.5) is 0 Å². The number of carboxylic acid groups (broad SMARTS) is 1. The Morgan fingerprint density at radius 3 is 3.06 bits per heavy atom. The first-order valence-electron chi connectivity index (χ1n) is 5.27. The Hall–Kier alpha value is -0.580. The Bertz CT molecular complexity index is 393. The summed E-state index contributed by atoms with van der Waals surface area (Å²) in [6.45, 7) is 3.55. The van der Waals surface area contributed by atoms with E-state index < -0.39 is 5.97 Å². The molecule has 5 heteroatoms. The second-order valence-corrected chi connectivity index (χ2v) is 5.68. The molecule has 0 saturated carbocycles.